The van der Waals surface area contributed by atoms with E-state index < -0.39 is 37.9 Å². The van der Waals surface area contributed by atoms with Gasteiger partial charge in [-0.25, -0.2) is 8.96 Å². The van der Waals surface area contributed by atoms with Crippen molar-refractivity contribution in [3.05, 3.63) is 35.6 Å². The van der Waals surface area contributed by atoms with Crippen LogP contribution in [0.2, 0.25) is 0 Å². The number of carbonyl (C=O) groups excluding carboxylic acids is 1. The Balaban J connectivity index is 2.00. The summed E-state index contributed by atoms with van der Waals surface area (Å²) >= 11 is 0. The Morgan fingerprint density at radius 1 is 1.03 bits per heavy atom. The molecule has 0 bridgehead atoms. The van der Waals surface area contributed by atoms with Crippen LogP contribution in [0, 0.1) is 35.4 Å². The van der Waals surface area contributed by atoms with E-state index in [0.717, 1.165) is 12.8 Å². The molecule has 1 saturated carbocycles. The smallest absolute Gasteiger partial charge is 0.344 e. The third kappa shape index (κ3) is 6.40. The molecule has 2 aliphatic rings. The summed E-state index contributed by atoms with van der Waals surface area (Å²) in [5.74, 6) is 5.27. The van der Waals surface area contributed by atoms with Crippen LogP contribution in [0.4, 0.5) is 4.39 Å². The first-order valence-electron chi connectivity index (χ1n) is 10.7. The predicted octanol–water partition coefficient (Wildman–Crippen LogP) is 4.96. The normalized spacial score (nSPS) is 22.7. The SMILES string of the molecule is CC(C)OP(=O)(OC(C)C)OC(c1ccc(F)cc1)C1C(=O)N(C)C[C@H]1C#CC1CC1. The van der Waals surface area contributed by atoms with Crippen LogP contribution in [0.15, 0.2) is 24.3 Å². The van der Waals surface area contributed by atoms with Gasteiger partial charge in [0.25, 0.3) is 0 Å². The molecule has 1 aliphatic heterocycles. The molecular weight excluding hydrogens is 420 g/mol. The van der Waals surface area contributed by atoms with Gasteiger partial charge in [-0.05, 0) is 58.2 Å². The maximum Gasteiger partial charge on any atom is 0.475 e. The van der Waals surface area contributed by atoms with Crippen molar-refractivity contribution in [2.75, 3.05) is 13.6 Å². The summed E-state index contributed by atoms with van der Waals surface area (Å²) in [6.07, 6.45) is 0.342. The summed E-state index contributed by atoms with van der Waals surface area (Å²) < 4.78 is 44.3. The zero-order chi connectivity index (χ0) is 22.8. The molecule has 8 heteroatoms. The molecule has 0 spiro atoms. The first-order valence-corrected chi connectivity index (χ1v) is 12.2. The van der Waals surface area contributed by atoms with E-state index in [4.69, 9.17) is 13.6 Å². The summed E-state index contributed by atoms with van der Waals surface area (Å²) in [5.41, 5.74) is 0.521. The molecule has 2 unspecified atom stereocenters. The van der Waals surface area contributed by atoms with Crippen LogP contribution in [0.5, 0.6) is 0 Å². The number of amides is 1. The molecule has 1 aliphatic carbocycles. The molecule has 2 fully saturated rings. The van der Waals surface area contributed by atoms with E-state index >= 15 is 0 Å². The molecular formula is C23H31FNO5P. The first kappa shape index (κ1) is 23.9. The lowest BCUT2D eigenvalue weighted by Crippen LogP contribution is -2.29. The summed E-state index contributed by atoms with van der Waals surface area (Å²) in [4.78, 5) is 14.7. The van der Waals surface area contributed by atoms with Gasteiger partial charge in [0.1, 0.15) is 11.9 Å². The molecule has 3 rings (SSSR count). The van der Waals surface area contributed by atoms with E-state index in [-0.39, 0.29) is 11.8 Å². The number of halogens is 1. The van der Waals surface area contributed by atoms with Crippen LogP contribution in [0.3, 0.4) is 0 Å². The maximum absolute atomic E-state index is 13.6. The minimum Gasteiger partial charge on any atom is -0.344 e. The van der Waals surface area contributed by atoms with Crippen LogP contribution in [-0.4, -0.2) is 36.6 Å². The van der Waals surface area contributed by atoms with E-state index in [0.29, 0.717) is 18.0 Å². The number of carbonyl (C=O) groups is 1. The number of hydrogen-bond acceptors (Lipinski definition) is 5. The van der Waals surface area contributed by atoms with Gasteiger partial charge in [-0.2, -0.15) is 0 Å². The molecule has 3 atom stereocenters. The fraction of sp³-hybridized carbons (Fsp3) is 0.609. The Morgan fingerprint density at radius 3 is 2.13 bits per heavy atom. The standard InChI is InChI=1S/C23H31FNO5P/c1-15(2)28-31(27,29-16(3)4)30-22(18-10-12-20(24)13-11-18)21-19(9-8-17-6-7-17)14-25(5)23(21)26/h10-13,15-17,19,21-22H,6-7,14H2,1-5H3/t19-,21?,22?/m1/s1. The largest absolute Gasteiger partial charge is 0.475 e. The van der Waals surface area contributed by atoms with E-state index in [9.17, 15) is 13.8 Å². The van der Waals surface area contributed by atoms with Gasteiger partial charge in [0.15, 0.2) is 0 Å². The Hall–Kier alpha value is -1.71. The minimum atomic E-state index is -4.03. The van der Waals surface area contributed by atoms with E-state index in [1.165, 1.54) is 24.3 Å². The monoisotopic (exact) mass is 451 g/mol. The zero-order valence-electron chi connectivity index (χ0n) is 18.7. The fourth-order valence-corrected chi connectivity index (χ4v) is 5.28. The van der Waals surface area contributed by atoms with Crippen molar-refractivity contribution in [3.63, 3.8) is 0 Å². The molecule has 6 nitrogen and oxygen atoms in total. The highest BCUT2D eigenvalue weighted by molar-refractivity contribution is 7.48. The van der Waals surface area contributed by atoms with Crippen LogP contribution < -0.4 is 0 Å². The van der Waals surface area contributed by atoms with Gasteiger partial charge < -0.3 is 4.90 Å². The topological polar surface area (TPSA) is 65.1 Å². The van der Waals surface area contributed by atoms with E-state index in [1.807, 2.05) is 0 Å². The summed E-state index contributed by atoms with van der Waals surface area (Å²) in [6.45, 7) is 7.36. The number of benzene rings is 1. The molecule has 0 N–H and O–H groups in total. The second-order valence-electron chi connectivity index (χ2n) is 8.75. The Bertz CT molecular complexity index is 873. The van der Waals surface area contributed by atoms with Crippen molar-refractivity contribution in [2.45, 2.75) is 58.8 Å². The lowest BCUT2D eigenvalue weighted by atomic mass is 9.86. The Morgan fingerprint density at radius 2 is 1.61 bits per heavy atom. The third-order valence-electron chi connectivity index (χ3n) is 5.06. The molecule has 170 valence electrons. The van der Waals surface area contributed by atoms with Crippen LogP contribution >= 0.6 is 7.82 Å². The average Bonchev–Trinajstić information content (AvgIpc) is 3.44. The number of likely N-dealkylation sites (tertiary alicyclic amines) is 1. The predicted molar refractivity (Wildman–Crippen MR) is 115 cm³/mol. The highest BCUT2D eigenvalue weighted by atomic mass is 31.2. The van der Waals surface area contributed by atoms with Gasteiger partial charge >= 0.3 is 7.82 Å². The molecule has 31 heavy (non-hydrogen) atoms. The number of hydrogen-bond donors (Lipinski definition) is 0. The molecule has 1 saturated heterocycles. The third-order valence-corrected chi connectivity index (χ3v) is 6.91. The van der Waals surface area contributed by atoms with Gasteiger partial charge in [0.05, 0.1) is 24.0 Å². The number of phosphoric acid groups is 1. The maximum atomic E-state index is 13.6. The molecule has 1 heterocycles. The summed E-state index contributed by atoms with van der Waals surface area (Å²) in [7, 11) is -2.32. The van der Waals surface area contributed by atoms with Crippen LogP contribution in [0.25, 0.3) is 0 Å². The second kappa shape index (κ2) is 9.83. The van der Waals surface area contributed by atoms with Gasteiger partial charge in [0, 0.05) is 19.5 Å². The second-order valence-corrected chi connectivity index (χ2v) is 10.3. The van der Waals surface area contributed by atoms with Gasteiger partial charge in [-0.3, -0.25) is 18.4 Å². The van der Waals surface area contributed by atoms with Crippen molar-refractivity contribution >= 4 is 13.7 Å². The van der Waals surface area contributed by atoms with Crippen LogP contribution in [-0.2, 0) is 22.9 Å². The Labute approximate surface area is 184 Å². The molecule has 1 amide bonds. The quantitative estimate of drug-likeness (QED) is 0.413. The van der Waals surface area contributed by atoms with Gasteiger partial charge in [-0.15, -0.1) is 0 Å². The van der Waals surface area contributed by atoms with Crippen LogP contribution in [0.1, 0.15) is 52.2 Å². The van der Waals surface area contributed by atoms with Crippen molar-refractivity contribution in [1.29, 1.82) is 0 Å². The van der Waals surface area contributed by atoms with Crippen molar-refractivity contribution in [3.8, 4) is 11.8 Å². The summed E-state index contributed by atoms with van der Waals surface area (Å²) in [6, 6.07) is 5.65. The first-order chi connectivity index (χ1) is 14.6. The highest BCUT2D eigenvalue weighted by Crippen LogP contribution is 2.57. The highest BCUT2D eigenvalue weighted by Gasteiger charge is 2.48. The van der Waals surface area contributed by atoms with Gasteiger partial charge in [0.2, 0.25) is 5.91 Å². The minimum absolute atomic E-state index is 0.162. The molecule has 0 radical (unpaired) electrons. The van der Waals surface area contributed by atoms with E-state index in [2.05, 4.69) is 11.8 Å². The average molecular weight is 451 g/mol. The number of rotatable bonds is 8. The Kier molecular flexibility index (Phi) is 7.59. The molecule has 0 aromatic heterocycles. The van der Waals surface area contributed by atoms with Crippen molar-refractivity contribution in [2.24, 2.45) is 17.8 Å². The molecule has 1 aromatic rings. The van der Waals surface area contributed by atoms with Gasteiger partial charge in [-0.1, -0.05) is 24.0 Å². The summed E-state index contributed by atoms with van der Waals surface area (Å²) in [5, 5.41) is 0. The lowest BCUT2D eigenvalue weighted by Gasteiger charge is -2.30. The molecule has 1 aromatic carbocycles. The zero-order valence-corrected chi connectivity index (χ0v) is 19.6. The van der Waals surface area contributed by atoms with Crippen molar-refractivity contribution < 1.29 is 27.3 Å². The van der Waals surface area contributed by atoms with Crippen molar-refractivity contribution in [1.82, 2.24) is 4.90 Å². The lowest BCUT2D eigenvalue weighted by molar-refractivity contribution is -0.133. The number of nitrogens with zero attached hydrogens (tertiary/aromatic N) is 1. The number of phosphoric ester groups is 1. The fourth-order valence-electron chi connectivity index (χ4n) is 3.57. The van der Waals surface area contributed by atoms with E-state index in [1.54, 1.807) is 39.6 Å².